The van der Waals surface area contributed by atoms with Gasteiger partial charge in [-0.05, 0) is 55.5 Å². The van der Waals surface area contributed by atoms with Crippen LogP contribution in [0, 0.1) is 11.8 Å². The van der Waals surface area contributed by atoms with Gasteiger partial charge in [-0.2, -0.15) is 0 Å². The normalized spacial score (nSPS) is 11.4. The van der Waals surface area contributed by atoms with Crippen molar-refractivity contribution in [3.63, 3.8) is 0 Å². The summed E-state index contributed by atoms with van der Waals surface area (Å²) >= 11 is 0. The Hall–Kier alpha value is -4.52. The first-order chi connectivity index (χ1) is 16.9. The third-order valence-electron chi connectivity index (χ3n) is 5.03. The minimum Gasteiger partial charge on any atom is -0.388 e. The molecule has 9 nitrogen and oxygen atoms in total. The molecule has 4 rings (SSSR count). The van der Waals surface area contributed by atoms with Crippen molar-refractivity contribution in [1.82, 2.24) is 14.7 Å². The van der Waals surface area contributed by atoms with Crippen molar-refractivity contribution < 1.29 is 24.0 Å². The second-order valence-electron chi connectivity index (χ2n) is 7.64. The zero-order valence-corrected chi connectivity index (χ0v) is 18.8. The standard InChI is InChI=1S/C26H22N4O5/c1-17(31)25-28-12-13-30(25)16-22-14-23(35-29-22)20-8-4-18(5-9-20)2-3-19-6-10-21(11-7-19)26(33)34-24(32)15-27/h4-14,17,31H,15-16,27H2,1H3/t17-/m0/s1. The highest BCUT2D eigenvalue weighted by Crippen LogP contribution is 2.22. The number of imidazole rings is 1. The fourth-order valence-corrected chi connectivity index (χ4v) is 3.27. The van der Waals surface area contributed by atoms with Gasteiger partial charge in [0, 0.05) is 35.2 Å². The number of benzene rings is 2. The number of nitrogens with two attached hydrogens (primary N) is 1. The van der Waals surface area contributed by atoms with Crippen molar-refractivity contribution in [2.24, 2.45) is 5.73 Å². The van der Waals surface area contributed by atoms with Gasteiger partial charge in [0.15, 0.2) is 5.76 Å². The number of nitrogens with zero attached hydrogens (tertiary/aromatic N) is 3. The number of ether oxygens (including phenoxy) is 1. The average Bonchev–Trinajstić information content (AvgIpc) is 3.53. The molecule has 0 unspecified atom stereocenters. The summed E-state index contributed by atoms with van der Waals surface area (Å²) in [6, 6.07) is 15.8. The molecule has 3 N–H and O–H groups in total. The highest BCUT2D eigenvalue weighted by molar-refractivity contribution is 5.97. The van der Waals surface area contributed by atoms with Crippen LogP contribution in [0.5, 0.6) is 0 Å². The molecule has 0 amide bonds. The summed E-state index contributed by atoms with van der Waals surface area (Å²) < 4.78 is 11.9. The Balaban J connectivity index is 1.40. The van der Waals surface area contributed by atoms with Gasteiger partial charge in [0.05, 0.1) is 18.7 Å². The van der Waals surface area contributed by atoms with E-state index in [2.05, 4.69) is 26.7 Å². The lowest BCUT2D eigenvalue weighted by atomic mass is 10.1. The monoisotopic (exact) mass is 470 g/mol. The minimum atomic E-state index is -0.785. The Kier molecular flexibility index (Phi) is 7.16. The Morgan fingerprint density at radius 1 is 1.11 bits per heavy atom. The molecule has 2 aromatic carbocycles. The molecule has 1 atom stereocenters. The van der Waals surface area contributed by atoms with Crippen LogP contribution >= 0.6 is 0 Å². The predicted molar refractivity (Wildman–Crippen MR) is 126 cm³/mol. The minimum absolute atomic E-state index is 0.239. The Morgan fingerprint density at radius 3 is 2.40 bits per heavy atom. The molecule has 2 aromatic heterocycles. The summed E-state index contributed by atoms with van der Waals surface area (Å²) in [5, 5.41) is 13.9. The Bertz CT molecular complexity index is 1390. The van der Waals surface area contributed by atoms with E-state index in [0.29, 0.717) is 29.4 Å². The van der Waals surface area contributed by atoms with Crippen LogP contribution in [0.15, 0.2) is 71.5 Å². The topological polar surface area (TPSA) is 133 Å². The van der Waals surface area contributed by atoms with Gasteiger partial charge in [0.25, 0.3) is 0 Å². The van der Waals surface area contributed by atoms with Crippen LogP contribution in [0.25, 0.3) is 11.3 Å². The quantitative estimate of drug-likeness (QED) is 0.250. The Morgan fingerprint density at radius 2 is 1.77 bits per heavy atom. The molecule has 9 heteroatoms. The molecule has 0 aliphatic rings. The van der Waals surface area contributed by atoms with Gasteiger partial charge in [-0.25, -0.2) is 9.78 Å². The maximum atomic E-state index is 11.8. The summed E-state index contributed by atoms with van der Waals surface area (Å²) in [5.41, 5.74) is 8.44. The van der Waals surface area contributed by atoms with Gasteiger partial charge >= 0.3 is 11.9 Å². The van der Waals surface area contributed by atoms with Crippen molar-refractivity contribution in [1.29, 1.82) is 0 Å². The first kappa shape index (κ1) is 23.6. The molecule has 0 aliphatic heterocycles. The molecule has 0 spiro atoms. The average molecular weight is 470 g/mol. The number of rotatable bonds is 6. The molecule has 0 saturated heterocycles. The first-order valence-corrected chi connectivity index (χ1v) is 10.7. The number of aliphatic hydroxyl groups is 1. The molecule has 35 heavy (non-hydrogen) atoms. The Labute approximate surface area is 201 Å². The van der Waals surface area contributed by atoms with Crippen molar-refractivity contribution in [2.45, 2.75) is 19.6 Å². The van der Waals surface area contributed by atoms with Crippen molar-refractivity contribution in [3.05, 3.63) is 95.2 Å². The summed E-state index contributed by atoms with van der Waals surface area (Å²) in [6.45, 7) is 1.74. The smallest absolute Gasteiger partial charge is 0.345 e. The summed E-state index contributed by atoms with van der Waals surface area (Å²) in [4.78, 5) is 27.1. The molecular formula is C26H22N4O5. The van der Waals surface area contributed by atoms with Crippen molar-refractivity contribution >= 4 is 11.9 Å². The van der Waals surface area contributed by atoms with Gasteiger partial charge in [0.1, 0.15) is 17.6 Å². The van der Waals surface area contributed by atoms with Crippen LogP contribution in [0.4, 0.5) is 0 Å². The number of carbonyl (C=O) groups is 2. The number of aromatic nitrogens is 3. The molecule has 4 aromatic rings. The second kappa shape index (κ2) is 10.6. The van der Waals surface area contributed by atoms with E-state index < -0.39 is 18.0 Å². The van der Waals surface area contributed by atoms with E-state index in [-0.39, 0.29) is 12.1 Å². The third-order valence-corrected chi connectivity index (χ3v) is 5.03. The fraction of sp³-hybridized carbons (Fsp3) is 0.154. The van der Waals surface area contributed by atoms with E-state index in [4.69, 9.17) is 10.3 Å². The van der Waals surface area contributed by atoms with Gasteiger partial charge in [-0.1, -0.05) is 17.0 Å². The van der Waals surface area contributed by atoms with Crippen LogP contribution in [0.2, 0.25) is 0 Å². The number of aliphatic hydroxyl groups excluding tert-OH is 1. The third kappa shape index (κ3) is 5.89. The van der Waals surface area contributed by atoms with Crippen molar-refractivity contribution in [2.75, 3.05) is 6.54 Å². The lowest BCUT2D eigenvalue weighted by Crippen LogP contribution is -2.20. The van der Waals surface area contributed by atoms with E-state index in [1.54, 1.807) is 31.5 Å². The molecule has 176 valence electrons. The van der Waals surface area contributed by atoms with Gasteiger partial charge in [-0.3, -0.25) is 4.79 Å². The zero-order valence-electron chi connectivity index (χ0n) is 18.8. The molecule has 0 aliphatic carbocycles. The highest BCUT2D eigenvalue weighted by Gasteiger charge is 2.13. The molecular weight excluding hydrogens is 448 g/mol. The molecule has 0 saturated carbocycles. The van der Waals surface area contributed by atoms with Gasteiger partial charge in [0.2, 0.25) is 0 Å². The predicted octanol–water partition coefficient (Wildman–Crippen LogP) is 2.68. The summed E-state index contributed by atoms with van der Waals surface area (Å²) in [6.07, 6.45) is 2.74. The van der Waals surface area contributed by atoms with E-state index in [9.17, 15) is 14.7 Å². The van der Waals surface area contributed by atoms with Crippen LogP contribution in [0.1, 0.15) is 46.0 Å². The number of hydrogen-bond donors (Lipinski definition) is 2. The lowest BCUT2D eigenvalue weighted by Gasteiger charge is -2.07. The van der Waals surface area contributed by atoms with Crippen LogP contribution in [-0.4, -0.2) is 38.3 Å². The lowest BCUT2D eigenvalue weighted by molar-refractivity contribution is -0.136. The van der Waals surface area contributed by atoms with E-state index >= 15 is 0 Å². The molecule has 0 bridgehead atoms. The van der Waals surface area contributed by atoms with Gasteiger partial charge in [-0.15, -0.1) is 0 Å². The largest absolute Gasteiger partial charge is 0.388 e. The zero-order chi connectivity index (χ0) is 24.8. The van der Waals surface area contributed by atoms with Crippen LogP contribution < -0.4 is 5.73 Å². The highest BCUT2D eigenvalue weighted by atomic mass is 16.6. The maximum Gasteiger partial charge on any atom is 0.345 e. The van der Waals surface area contributed by atoms with Crippen LogP contribution in [-0.2, 0) is 16.1 Å². The van der Waals surface area contributed by atoms with Crippen LogP contribution in [0.3, 0.4) is 0 Å². The molecule has 0 fully saturated rings. The SMILES string of the molecule is C[C@H](O)c1nccn1Cc1cc(-c2ccc(C#Cc3ccc(C(=O)OC(=O)CN)cc3)cc2)on1. The van der Waals surface area contributed by atoms with Gasteiger partial charge < -0.3 is 24.7 Å². The first-order valence-electron chi connectivity index (χ1n) is 10.7. The van der Waals surface area contributed by atoms with Crippen molar-refractivity contribution in [3.8, 4) is 23.2 Å². The number of hydrogen-bond acceptors (Lipinski definition) is 8. The molecule has 2 heterocycles. The summed E-state index contributed by atoms with van der Waals surface area (Å²) in [7, 11) is 0. The number of esters is 2. The fourth-order valence-electron chi connectivity index (χ4n) is 3.27. The second-order valence-corrected chi connectivity index (χ2v) is 7.64. The van der Waals surface area contributed by atoms with E-state index in [0.717, 1.165) is 11.1 Å². The molecule has 0 radical (unpaired) electrons. The number of carbonyl (C=O) groups excluding carboxylic acids is 2. The summed E-state index contributed by atoms with van der Waals surface area (Å²) in [5.74, 6) is 5.74. The van der Waals surface area contributed by atoms with E-state index in [1.807, 2.05) is 34.9 Å². The maximum absolute atomic E-state index is 11.8. The van der Waals surface area contributed by atoms with E-state index in [1.165, 1.54) is 12.1 Å².